The second-order valence-electron chi connectivity index (χ2n) is 8.08. The number of carbonyl (C=O) groups is 1. The highest BCUT2D eigenvalue weighted by molar-refractivity contribution is 7.98. The zero-order chi connectivity index (χ0) is 24.4. The Labute approximate surface area is 208 Å². The largest absolute Gasteiger partial charge is 0.493 e. The molecule has 0 radical (unpaired) electrons. The number of anilines is 1. The van der Waals surface area contributed by atoms with Crippen molar-refractivity contribution in [1.82, 2.24) is 15.2 Å². The lowest BCUT2D eigenvalue weighted by atomic mass is 10.00. The summed E-state index contributed by atoms with van der Waals surface area (Å²) in [6, 6.07) is 19.7. The number of ether oxygens (including phenoxy) is 2. The molecule has 1 unspecified atom stereocenters. The first-order chi connectivity index (χ1) is 17.2. The van der Waals surface area contributed by atoms with Gasteiger partial charge < -0.3 is 9.47 Å². The first-order valence-electron chi connectivity index (χ1n) is 11.7. The van der Waals surface area contributed by atoms with Crippen molar-refractivity contribution >= 4 is 34.1 Å². The number of thioether (sulfide) groups is 1. The van der Waals surface area contributed by atoms with Gasteiger partial charge in [-0.15, -0.1) is 10.2 Å². The molecule has 0 fully saturated rings. The quantitative estimate of drug-likeness (QED) is 0.308. The molecular weight excluding hydrogens is 460 g/mol. The molecule has 4 aromatic rings. The Morgan fingerprint density at radius 3 is 2.66 bits per heavy atom. The van der Waals surface area contributed by atoms with Crippen LogP contribution in [0.3, 0.4) is 0 Å². The third kappa shape index (κ3) is 4.18. The standard InChI is InChI=1S/C27H26N4O3S/c1-4-10-22(32)31-20-14-9-8-13-19(20)24-25(28-27(35-3)30-29-24)34-26(31)23-18-12-7-6-11-17(18)15-16-21(23)33-5-2/h6-9,11-16,26H,4-5,10H2,1-3H3. The summed E-state index contributed by atoms with van der Waals surface area (Å²) in [5.41, 5.74) is 2.74. The van der Waals surface area contributed by atoms with Gasteiger partial charge in [0, 0.05) is 12.0 Å². The van der Waals surface area contributed by atoms with Crippen LogP contribution >= 0.6 is 11.8 Å². The fraction of sp³-hybridized carbons (Fsp3) is 0.259. The Morgan fingerprint density at radius 2 is 1.86 bits per heavy atom. The molecule has 5 rings (SSSR count). The highest BCUT2D eigenvalue weighted by Crippen LogP contribution is 2.46. The summed E-state index contributed by atoms with van der Waals surface area (Å²) in [5, 5.41) is 11.2. The van der Waals surface area contributed by atoms with Crippen LogP contribution < -0.4 is 14.4 Å². The van der Waals surface area contributed by atoms with Crippen molar-refractivity contribution in [2.75, 3.05) is 17.8 Å². The van der Waals surface area contributed by atoms with Gasteiger partial charge in [-0.05, 0) is 42.5 Å². The van der Waals surface area contributed by atoms with Crippen LogP contribution in [0, 0.1) is 0 Å². The highest BCUT2D eigenvalue weighted by atomic mass is 32.2. The van der Waals surface area contributed by atoms with Crippen LogP contribution in [-0.2, 0) is 4.79 Å². The van der Waals surface area contributed by atoms with E-state index in [4.69, 9.17) is 9.47 Å². The number of amides is 1. The van der Waals surface area contributed by atoms with E-state index in [0.717, 1.165) is 21.9 Å². The summed E-state index contributed by atoms with van der Waals surface area (Å²) in [6.07, 6.45) is 2.16. The zero-order valence-corrected chi connectivity index (χ0v) is 20.7. The van der Waals surface area contributed by atoms with E-state index in [9.17, 15) is 4.79 Å². The Balaban J connectivity index is 1.83. The van der Waals surface area contributed by atoms with Gasteiger partial charge in [0.05, 0.1) is 17.9 Å². The summed E-state index contributed by atoms with van der Waals surface area (Å²) in [5.74, 6) is 0.953. The van der Waals surface area contributed by atoms with Crippen molar-refractivity contribution < 1.29 is 14.3 Å². The van der Waals surface area contributed by atoms with E-state index in [2.05, 4.69) is 15.2 Å². The van der Waals surface area contributed by atoms with E-state index in [1.807, 2.05) is 80.8 Å². The van der Waals surface area contributed by atoms with E-state index >= 15 is 0 Å². The number of fused-ring (bicyclic) bond motifs is 4. The smallest absolute Gasteiger partial charge is 0.247 e. The molecule has 3 aromatic carbocycles. The topological polar surface area (TPSA) is 77.4 Å². The zero-order valence-electron chi connectivity index (χ0n) is 19.9. The number of carbonyl (C=O) groups excluding carboxylic acids is 1. The van der Waals surface area contributed by atoms with Gasteiger partial charge in [-0.2, -0.15) is 4.98 Å². The molecule has 0 bridgehead atoms. The predicted molar refractivity (Wildman–Crippen MR) is 138 cm³/mol. The second kappa shape index (κ2) is 9.92. The Hall–Kier alpha value is -3.65. The van der Waals surface area contributed by atoms with Crippen molar-refractivity contribution in [3.05, 3.63) is 66.2 Å². The maximum atomic E-state index is 13.7. The van der Waals surface area contributed by atoms with Crippen LogP contribution in [0.5, 0.6) is 11.6 Å². The van der Waals surface area contributed by atoms with Gasteiger partial charge >= 0.3 is 0 Å². The molecule has 0 aliphatic carbocycles. The van der Waals surface area contributed by atoms with E-state index in [1.54, 1.807) is 4.90 Å². The second-order valence-corrected chi connectivity index (χ2v) is 8.86. The molecule has 35 heavy (non-hydrogen) atoms. The van der Waals surface area contributed by atoms with Gasteiger partial charge in [0.15, 0.2) is 5.69 Å². The normalized spacial score (nSPS) is 14.6. The van der Waals surface area contributed by atoms with Gasteiger partial charge in [0.25, 0.3) is 0 Å². The van der Waals surface area contributed by atoms with Crippen molar-refractivity contribution in [2.45, 2.75) is 38.1 Å². The van der Waals surface area contributed by atoms with Crippen molar-refractivity contribution in [3.63, 3.8) is 0 Å². The lowest BCUT2D eigenvalue weighted by molar-refractivity contribution is -0.120. The average molecular weight is 487 g/mol. The minimum absolute atomic E-state index is 0.0498. The van der Waals surface area contributed by atoms with Crippen LogP contribution in [0.15, 0.2) is 65.8 Å². The molecule has 1 amide bonds. The molecular formula is C27H26N4O3S. The Bertz CT molecular complexity index is 1390. The minimum Gasteiger partial charge on any atom is -0.493 e. The number of rotatable bonds is 6. The molecule has 0 N–H and O–H groups in total. The third-order valence-electron chi connectivity index (χ3n) is 5.90. The molecule has 0 saturated carbocycles. The number of hydrogen-bond acceptors (Lipinski definition) is 7. The molecule has 1 aliphatic heterocycles. The lowest BCUT2D eigenvalue weighted by Crippen LogP contribution is -2.38. The highest BCUT2D eigenvalue weighted by Gasteiger charge is 2.38. The van der Waals surface area contributed by atoms with Gasteiger partial charge in [-0.25, -0.2) is 0 Å². The minimum atomic E-state index is -0.810. The molecule has 1 atom stereocenters. The summed E-state index contributed by atoms with van der Waals surface area (Å²) >= 11 is 1.39. The summed E-state index contributed by atoms with van der Waals surface area (Å²) in [4.78, 5) is 20.1. The van der Waals surface area contributed by atoms with Crippen LogP contribution in [-0.4, -0.2) is 34.0 Å². The predicted octanol–water partition coefficient (Wildman–Crippen LogP) is 6.04. The number of nitrogens with zero attached hydrogens (tertiary/aromatic N) is 4. The fourth-order valence-electron chi connectivity index (χ4n) is 4.40. The van der Waals surface area contributed by atoms with E-state index in [0.29, 0.717) is 47.6 Å². The summed E-state index contributed by atoms with van der Waals surface area (Å²) < 4.78 is 12.7. The molecule has 0 spiro atoms. The Kier molecular flexibility index (Phi) is 6.55. The first kappa shape index (κ1) is 23.1. The molecule has 2 heterocycles. The van der Waals surface area contributed by atoms with Crippen molar-refractivity contribution in [1.29, 1.82) is 0 Å². The van der Waals surface area contributed by atoms with Crippen LogP contribution in [0.4, 0.5) is 5.69 Å². The maximum absolute atomic E-state index is 13.7. The van der Waals surface area contributed by atoms with E-state index in [1.165, 1.54) is 11.8 Å². The molecule has 7 nitrogen and oxygen atoms in total. The first-order valence-corrected chi connectivity index (χ1v) is 12.9. The number of aromatic nitrogens is 3. The Morgan fingerprint density at radius 1 is 1.06 bits per heavy atom. The summed E-state index contributed by atoms with van der Waals surface area (Å²) in [6.45, 7) is 4.42. The van der Waals surface area contributed by atoms with Crippen LogP contribution in [0.1, 0.15) is 38.5 Å². The number of para-hydroxylation sites is 1. The lowest BCUT2D eigenvalue weighted by Gasteiger charge is -2.32. The van der Waals surface area contributed by atoms with Gasteiger partial charge in [-0.3, -0.25) is 9.69 Å². The SMILES string of the molecule is CCCC(=O)N1c2ccccc2-c2nnc(SC)nc2OC1c1c(OCC)ccc2ccccc12. The van der Waals surface area contributed by atoms with Gasteiger partial charge in [0.2, 0.25) is 23.2 Å². The van der Waals surface area contributed by atoms with Gasteiger partial charge in [0.1, 0.15) is 5.75 Å². The number of benzene rings is 3. The van der Waals surface area contributed by atoms with E-state index < -0.39 is 6.23 Å². The van der Waals surface area contributed by atoms with Gasteiger partial charge in [-0.1, -0.05) is 67.2 Å². The molecule has 0 saturated heterocycles. The molecule has 178 valence electrons. The maximum Gasteiger partial charge on any atom is 0.247 e. The average Bonchev–Trinajstić information content (AvgIpc) is 3.03. The summed E-state index contributed by atoms with van der Waals surface area (Å²) in [7, 11) is 0. The molecule has 1 aliphatic rings. The van der Waals surface area contributed by atoms with Crippen molar-refractivity contribution in [3.8, 4) is 22.9 Å². The molecule has 1 aromatic heterocycles. The third-order valence-corrected chi connectivity index (χ3v) is 6.44. The van der Waals surface area contributed by atoms with Crippen LogP contribution in [0.25, 0.3) is 22.0 Å². The van der Waals surface area contributed by atoms with E-state index in [-0.39, 0.29) is 5.91 Å². The van der Waals surface area contributed by atoms with Crippen molar-refractivity contribution in [2.24, 2.45) is 0 Å². The molecule has 8 heteroatoms. The van der Waals surface area contributed by atoms with Crippen LogP contribution in [0.2, 0.25) is 0 Å². The monoisotopic (exact) mass is 486 g/mol. The fourth-order valence-corrected chi connectivity index (χ4v) is 4.70. The number of hydrogen-bond donors (Lipinski definition) is 0.